The van der Waals surface area contributed by atoms with Gasteiger partial charge in [0.2, 0.25) is 5.91 Å². The highest BCUT2D eigenvalue weighted by atomic mass is 32.1. The van der Waals surface area contributed by atoms with Crippen molar-refractivity contribution in [1.82, 2.24) is 4.90 Å². The zero-order valence-electron chi connectivity index (χ0n) is 11.1. The first-order valence-electron chi connectivity index (χ1n) is 6.51. The SMILES string of the molecule is CC1CCCN(C(=O)C(C(N)=S)C(C)C)CC1. The molecular weight excluding hydrogens is 232 g/mol. The minimum Gasteiger partial charge on any atom is -0.393 e. The van der Waals surface area contributed by atoms with Crippen molar-refractivity contribution in [3.8, 4) is 0 Å². The van der Waals surface area contributed by atoms with Crippen molar-refractivity contribution < 1.29 is 4.79 Å². The highest BCUT2D eigenvalue weighted by Gasteiger charge is 2.30. The van der Waals surface area contributed by atoms with Gasteiger partial charge in [-0.1, -0.05) is 33.0 Å². The van der Waals surface area contributed by atoms with Gasteiger partial charge in [0.15, 0.2) is 0 Å². The molecule has 0 radical (unpaired) electrons. The quantitative estimate of drug-likeness (QED) is 0.787. The number of amides is 1. The maximum Gasteiger partial charge on any atom is 0.232 e. The summed E-state index contributed by atoms with van der Waals surface area (Å²) in [5.41, 5.74) is 5.70. The molecule has 2 N–H and O–H groups in total. The van der Waals surface area contributed by atoms with Crippen LogP contribution in [0.3, 0.4) is 0 Å². The predicted molar refractivity (Wildman–Crippen MR) is 74.7 cm³/mol. The second-order valence-electron chi connectivity index (χ2n) is 5.49. The van der Waals surface area contributed by atoms with E-state index in [1.165, 1.54) is 6.42 Å². The minimum absolute atomic E-state index is 0.126. The molecule has 2 unspecified atom stereocenters. The molecule has 0 aliphatic carbocycles. The van der Waals surface area contributed by atoms with Gasteiger partial charge in [0.1, 0.15) is 0 Å². The Morgan fingerprint density at radius 2 is 2.00 bits per heavy atom. The number of thiocarbonyl (C=S) groups is 1. The van der Waals surface area contributed by atoms with Gasteiger partial charge in [-0.3, -0.25) is 4.79 Å². The second kappa shape index (κ2) is 6.34. The van der Waals surface area contributed by atoms with E-state index in [9.17, 15) is 4.79 Å². The Bertz CT molecular complexity index is 291. The van der Waals surface area contributed by atoms with Crippen molar-refractivity contribution in [3.05, 3.63) is 0 Å². The Morgan fingerprint density at radius 3 is 2.53 bits per heavy atom. The van der Waals surface area contributed by atoms with Gasteiger partial charge in [-0.25, -0.2) is 0 Å². The number of rotatable bonds is 3. The summed E-state index contributed by atoms with van der Waals surface area (Å²) in [4.78, 5) is 14.7. The summed E-state index contributed by atoms with van der Waals surface area (Å²) >= 11 is 5.03. The number of carbonyl (C=O) groups excluding carboxylic acids is 1. The summed E-state index contributed by atoms with van der Waals surface area (Å²) in [7, 11) is 0. The van der Waals surface area contributed by atoms with Crippen molar-refractivity contribution in [2.75, 3.05) is 13.1 Å². The van der Waals surface area contributed by atoms with Crippen LogP contribution in [0.5, 0.6) is 0 Å². The Balaban J connectivity index is 2.70. The van der Waals surface area contributed by atoms with Crippen molar-refractivity contribution in [2.45, 2.75) is 40.0 Å². The molecule has 1 aliphatic heterocycles. The van der Waals surface area contributed by atoms with Crippen LogP contribution in [0.1, 0.15) is 40.0 Å². The fraction of sp³-hybridized carbons (Fsp3) is 0.846. The minimum atomic E-state index is -0.293. The molecule has 0 aromatic rings. The molecule has 1 fully saturated rings. The lowest BCUT2D eigenvalue weighted by Crippen LogP contribution is -2.44. The molecule has 17 heavy (non-hydrogen) atoms. The van der Waals surface area contributed by atoms with Gasteiger partial charge in [0.25, 0.3) is 0 Å². The fourth-order valence-electron chi connectivity index (χ4n) is 2.42. The van der Waals surface area contributed by atoms with E-state index in [0.717, 1.165) is 31.8 Å². The molecule has 1 rings (SSSR count). The fourth-order valence-corrected chi connectivity index (χ4v) is 2.79. The van der Waals surface area contributed by atoms with E-state index in [0.29, 0.717) is 4.99 Å². The first-order chi connectivity index (χ1) is 7.93. The normalized spacial score (nSPS) is 23.3. The van der Waals surface area contributed by atoms with Gasteiger partial charge < -0.3 is 10.6 Å². The van der Waals surface area contributed by atoms with Crippen molar-refractivity contribution in [2.24, 2.45) is 23.5 Å². The Morgan fingerprint density at radius 1 is 1.35 bits per heavy atom. The predicted octanol–water partition coefficient (Wildman–Crippen LogP) is 2.19. The third-order valence-corrected chi connectivity index (χ3v) is 3.82. The zero-order chi connectivity index (χ0) is 13.0. The van der Waals surface area contributed by atoms with E-state index in [-0.39, 0.29) is 17.7 Å². The molecule has 1 aliphatic rings. The van der Waals surface area contributed by atoms with Gasteiger partial charge in [-0.15, -0.1) is 0 Å². The van der Waals surface area contributed by atoms with Gasteiger partial charge >= 0.3 is 0 Å². The topological polar surface area (TPSA) is 46.3 Å². The summed E-state index contributed by atoms with van der Waals surface area (Å²) in [5, 5.41) is 0. The standard InChI is InChI=1S/C13H24N2OS/c1-9(2)11(12(14)17)13(16)15-7-4-5-10(3)6-8-15/h9-11H,4-8H2,1-3H3,(H2,14,17). The molecule has 4 heteroatoms. The molecule has 0 spiro atoms. The molecule has 1 saturated heterocycles. The van der Waals surface area contributed by atoms with Crippen LogP contribution >= 0.6 is 12.2 Å². The van der Waals surface area contributed by atoms with Crippen LogP contribution < -0.4 is 5.73 Å². The van der Waals surface area contributed by atoms with Crippen LogP contribution in [-0.2, 0) is 4.79 Å². The molecule has 1 amide bonds. The molecular formula is C13H24N2OS. The van der Waals surface area contributed by atoms with Gasteiger partial charge in [-0.05, 0) is 31.1 Å². The Labute approximate surface area is 110 Å². The van der Waals surface area contributed by atoms with Crippen LogP contribution in [0.4, 0.5) is 0 Å². The largest absolute Gasteiger partial charge is 0.393 e. The highest BCUT2D eigenvalue weighted by Crippen LogP contribution is 2.21. The van der Waals surface area contributed by atoms with Gasteiger partial charge in [0.05, 0.1) is 10.9 Å². The van der Waals surface area contributed by atoms with E-state index >= 15 is 0 Å². The van der Waals surface area contributed by atoms with Crippen molar-refractivity contribution in [3.63, 3.8) is 0 Å². The molecule has 98 valence electrons. The van der Waals surface area contributed by atoms with Crippen LogP contribution in [-0.4, -0.2) is 28.9 Å². The number of carbonyl (C=O) groups is 1. The number of hydrogen-bond donors (Lipinski definition) is 1. The third kappa shape index (κ3) is 3.95. The monoisotopic (exact) mass is 256 g/mol. The number of nitrogens with two attached hydrogens (primary N) is 1. The number of nitrogens with zero attached hydrogens (tertiary/aromatic N) is 1. The zero-order valence-corrected chi connectivity index (χ0v) is 11.9. The number of hydrogen-bond acceptors (Lipinski definition) is 2. The van der Waals surface area contributed by atoms with Gasteiger partial charge in [-0.2, -0.15) is 0 Å². The lowest BCUT2D eigenvalue weighted by Gasteiger charge is -2.27. The Hall–Kier alpha value is -0.640. The van der Waals surface area contributed by atoms with E-state index in [4.69, 9.17) is 18.0 Å². The smallest absolute Gasteiger partial charge is 0.232 e. The summed E-state index contributed by atoms with van der Waals surface area (Å²) in [6.07, 6.45) is 3.39. The Kier molecular flexibility index (Phi) is 5.37. The molecule has 2 atom stereocenters. The van der Waals surface area contributed by atoms with Crippen LogP contribution in [0.15, 0.2) is 0 Å². The van der Waals surface area contributed by atoms with E-state index in [1.807, 2.05) is 18.7 Å². The van der Waals surface area contributed by atoms with E-state index in [1.54, 1.807) is 0 Å². The maximum absolute atomic E-state index is 12.4. The molecule has 1 heterocycles. The lowest BCUT2D eigenvalue weighted by molar-refractivity contribution is -0.134. The molecule has 3 nitrogen and oxygen atoms in total. The van der Waals surface area contributed by atoms with Crippen LogP contribution in [0.2, 0.25) is 0 Å². The van der Waals surface area contributed by atoms with Crippen LogP contribution in [0, 0.1) is 17.8 Å². The molecule has 0 aromatic heterocycles. The molecule has 0 aromatic carbocycles. The summed E-state index contributed by atoms with van der Waals surface area (Å²) in [6, 6.07) is 0. The average Bonchev–Trinajstić information content (AvgIpc) is 2.41. The van der Waals surface area contributed by atoms with E-state index < -0.39 is 0 Å². The first kappa shape index (κ1) is 14.4. The van der Waals surface area contributed by atoms with Crippen LogP contribution in [0.25, 0.3) is 0 Å². The summed E-state index contributed by atoms with van der Waals surface area (Å²) < 4.78 is 0. The average molecular weight is 256 g/mol. The van der Waals surface area contributed by atoms with Crippen molar-refractivity contribution in [1.29, 1.82) is 0 Å². The van der Waals surface area contributed by atoms with Gasteiger partial charge in [0, 0.05) is 13.1 Å². The van der Waals surface area contributed by atoms with Crippen molar-refractivity contribution >= 4 is 23.1 Å². The first-order valence-corrected chi connectivity index (χ1v) is 6.92. The number of likely N-dealkylation sites (tertiary alicyclic amines) is 1. The molecule has 0 saturated carbocycles. The maximum atomic E-state index is 12.4. The molecule has 0 bridgehead atoms. The summed E-state index contributed by atoms with van der Waals surface area (Å²) in [5.74, 6) is 0.732. The lowest BCUT2D eigenvalue weighted by atomic mass is 9.94. The summed E-state index contributed by atoms with van der Waals surface area (Å²) in [6.45, 7) is 7.96. The third-order valence-electron chi connectivity index (χ3n) is 3.57. The highest BCUT2D eigenvalue weighted by molar-refractivity contribution is 7.80. The second-order valence-corrected chi connectivity index (χ2v) is 5.96. The van der Waals surface area contributed by atoms with E-state index in [2.05, 4.69) is 6.92 Å².